The van der Waals surface area contributed by atoms with Crippen molar-refractivity contribution in [3.05, 3.63) is 113 Å². The first-order valence-electron chi connectivity index (χ1n) is 15.0. The second-order valence-electron chi connectivity index (χ2n) is 12.7. The summed E-state index contributed by atoms with van der Waals surface area (Å²) in [5, 5.41) is 2.39. The van der Waals surface area contributed by atoms with Crippen LogP contribution in [0.25, 0.3) is 51.4 Å². The van der Waals surface area contributed by atoms with Crippen molar-refractivity contribution in [3.8, 4) is 5.69 Å². The van der Waals surface area contributed by atoms with E-state index in [9.17, 15) is 0 Å². The third-order valence-corrected chi connectivity index (χ3v) is 9.66. The van der Waals surface area contributed by atoms with Gasteiger partial charge < -0.3 is 18.3 Å². The molecule has 0 bridgehead atoms. The van der Waals surface area contributed by atoms with Crippen molar-refractivity contribution in [1.29, 1.82) is 0 Å². The minimum absolute atomic E-state index is 0.0704. The zero-order valence-corrected chi connectivity index (χ0v) is 24.6. The fourth-order valence-corrected chi connectivity index (χ4v) is 6.83. The minimum Gasteiger partial charge on any atom is -0.456 e. The molecule has 2 aliphatic carbocycles. The molecule has 5 heteroatoms. The molecule has 1 aliphatic heterocycles. The molecule has 1 saturated heterocycles. The van der Waals surface area contributed by atoms with Gasteiger partial charge in [-0.1, -0.05) is 66.7 Å². The molecule has 208 valence electrons. The number of benzene rings is 3. The maximum absolute atomic E-state index is 6.69. The lowest BCUT2D eigenvalue weighted by Gasteiger charge is -2.32. The maximum Gasteiger partial charge on any atom is 0.466 e. The number of aromatic nitrogens is 1. The van der Waals surface area contributed by atoms with Gasteiger partial charge in [-0.25, -0.2) is 0 Å². The lowest BCUT2D eigenvalue weighted by Crippen LogP contribution is -2.41. The first-order chi connectivity index (χ1) is 20.3. The Labute approximate surface area is 247 Å². The van der Waals surface area contributed by atoms with Crippen molar-refractivity contribution in [2.24, 2.45) is 0 Å². The van der Waals surface area contributed by atoms with Gasteiger partial charge >= 0.3 is 7.12 Å². The number of allylic oxidation sites excluding steroid dienone is 3. The van der Waals surface area contributed by atoms with E-state index in [1.807, 2.05) is 0 Å². The van der Waals surface area contributed by atoms with Gasteiger partial charge in [0.05, 0.1) is 22.4 Å². The molecule has 1 fully saturated rings. The summed E-state index contributed by atoms with van der Waals surface area (Å²) in [6.45, 7) is 8.47. The van der Waals surface area contributed by atoms with Crippen molar-refractivity contribution in [2.45, 2.75) is 57.6 Å². The van der Waals surface area contributed by atoms with Gasteiger partial charge in [-0.3, -0.25) is 0 Å². The number of furan rings is 1. The highest BCUT2D eigenvalue weighted by molar-refractivity contribution is 6.48. The molecule has 1 unspecified atom stereocenters. The number of nitrogens with zero attached hydrogens (tertiary/aromatic N) is 1. The van der Waals surface area contributed by atoms with E-state index < -0.39 is 0 Å². The van der Waals surface area contributed by atoms with Crippen LogP contribution in [0.5, 0.6) is 0 Å². The van der Waals surface area contributed by atoms with Crippen molar-refractivity contribution >= 4 is 52.8 Å². The summed E-state index contributed by atoms with van der Waals surface area (Å²) < 4.78 is 22.1. The van der Waals surface area contributed by atoms with Gasteiger partial charge in [0.25, 0.3) is 0 Å². The predicted octanol–water partition coefficient (Wildman–Crippen LogP) is 9.47. The molecule has 0 saturated carbocycles. The normalized spacial score (nSPS) is 20.5. The molecule has 1 atom stereocenters. The van der Waals surface area contributed by atoms with E-state index in [0.717, 1.165) is 40.8 Å². The Morgan fingerprint density at radius 1 is 0.786 bits per heavy atom. The van der Waals surface area contributed by atoms with Crippen LogP contribution < -0.4 is 0 Å². The average molecular weight is 551 g/mol. The van der Waals surface area contributed by atoms with Gasteiger partial charge in [-0.15, -0.1) is 0 Å². The summed E-state index contributed by atoms with van der Waals surface area (Å²) in [4.78, 5) is 0. The molecule has 3 aromatic carbocycles. The lowest BCUT2D eigenvalue weighted by molar-refractivity contribution is 0.00578. The van der Waals surface area contributed by atoms with Gasteiger partial charge in [0, 0.05) is 39.0 Å². The highest BCUT2D eigenvalue weighted by Gasteiger charge is 2.54. The molecule has 0 spiro atoms. The molecule has 0 radical (unpaired) electrons. The smallest absolute Gasteiger partial charge is 0.456 e. The van der Waals surface area contributed by atoms with Gasteiger partial charge in [0.15, 0.2) is 0 Å². The summed E-state index contributed by atoms with van der Waals surface area (Å²) in [7, 11) is -0.324. The first kappa shape index (κ1) is 25.6. The van der Waals surface area contributed by atoms with E-state index in [2.05, 4.69) is 135 Å². The summed E-state index contributed by atoms with van der Waals surface area (Å²) >= 11 is 0. The topological polar surface area (TPSA) is 36.5 Å². The molecule has 2 aromatic heterocycles. The van der Waals surface area contributed by atoms with Crippen LogP contribution in [-0.2, 0) is 9.31 Å². The van der Waals surface area contributed by atoms with E-state index in [4.69, 9.17) is 13.7 Å². The SMILES string of the molecule is CC1(C)OB(C2CC=Cc3oc4c(C5=Cc6c(n(-c7ccccc7)c7ccccc67)C=CC5)cccc4c32)OC1(C)C. The van der Waals surface area contributed by atoms with E-state index in [-0.39, 0.29) is 24.1 Å². The second-order valence-corrected chi connectivity index (χ2v) is 12.7. The number of hydrogen-bond donors (Lipinski definition) is 0. The molecule has 3 heterocycles. The van der Waals surface area contributed by atoms with E-state index in [1.54, 1.807) is 0 Å². The van der Waals surface area contributed by atoms with Gasteiger partial charge in [0.2, 0.25) is 0 Å². The largest absolute Gasteiger partial charge is 0.466 e. The van der Waals surface area contributed by atoms with Crippen molar-refractivity contribution in [1.82, 2.24) is 4.57 Å². The molecule has 0 N–H and O–H groups in total. The molecular weight excluding hydrogens is 517 g/mol. The Morgan fingerprint density at radius 3 is 2.33 bits per heavy atom. The number of rotatable bonds is 3. The quantitative estimate of drug-likeness (QED) is 0.210. The first-order valence-corrected chi connectivity index (χ1v) is 15.0. The van der Waals surface area contributed by atoms with Crippen LogP contribution in [0.15, 0.2) is 89.4 Å². The highest BCUT2D eigenvalue weighted by Crippen LogP contribution is 2.47. The summed E-state index contributed by atoms with van der Waals surface area (Å²) in [6.07, 6.45) is 12.9. The summed E-state index contributed by atoms with van der Waals surface area (Å²) in [5.74, 6) is 0.982. The molecule has 8 rings (SSSR count). The van der Waals surface area contributed by atoms with Crippen molar-refractivity contribution in [3.63, 3.8) is 0 Å². The fraction of sp³-hybridized carbons (Fsp3) is 0.243. The van der Waals surface area contributed by atoms with Crippen LogP contribution in [0.1, 0.15) is 74.5 Å². The lowest BCUT2D eigenvalue weighted by atomic mass is 9.64. The number of fused-ring (bicyclic) bond motifs is 6. The second kappa shape index (κ2) is 9.22. The molecule has 0 amide bonds. The van der Waals surface area contributed by atoms with Crippen LogP contribution in [0, 0.1) is 0 Å². The number of hydrogen-bond acceptors (Lipinski definition) is 3. The summed E-state index contributed by atoms with van der Waals surface area (Å²) in [5.41, 5.74) is 8.56. The predicted molar refractivity (Wildman–Crippen MR) is 173 cm³/mol. The maximum atomic E-state index is 6.69. The molecular formula is C37H34BNO3. The Bertz CT molecular complexity index is 1940. The van der Waals surface area contributed by atoms with Crippen LogP contribution in [0.3, 0.4) is 0 Å². The number of para-hydroxylation sites is 3. The van der Waals surface area contributed by atoms with E-state index in [1.165, 1.54) is 33.3 Å². The van der Waals surface area contributed by atoms with Crippen LogP contribution in [0.4, 0.5) is 0 Å². The van der Waals surface area contributed by atoms with E-state index >= 15 is 0 Å². The fourth-order valence-electron chi connectivity index (χ4n) is 6.83. The monoisotopic (exact) mass is 551 g/mol. The average Bonchev–Trinajstić information content (AvgIpc) is 3.52. The molecule has 4 nitrogen and oxygen atoms in total. The minimum atomic E-state index is -0.377. The molecule has 42 heavy (non-hydrogen) atoms. The zero-order valence-electron chi connectivity index (χ0n) is 24.6. The molecule has 3 aliphatic rings. The Hall–Kier alpha value is -4.06. The third-order valence-electron chi connectivity index (χ3n) is 9.66. The van der Waals surface area contributed by atoms with Crippen LogP contribution in [-0.4, -0.2) is 22.9 Å². The standard InChI is InChI=1S/C37H34BNO3/c1-36(2)37(3,4)42-38(41-36)30-19-12-22-33-34(30)28-18-11-17-26(35(28)40-33)24-13-10-21-32-29(23-24)27-16-8-9-20-31(27)39(32)25-14-6-5-7-15-25/h5-12,14-18,20-23,30H,13,19H2,1-4H3. The van der Waals surface area contributed by atoms with Crippen LogP contribution >= 0.6 is 0 Å². The van der Waals surface area contributed by atoms with Gasteiger partial charge in [-0.2, -0.15) is 0 Å². The summed E-state index contributed by atoms with van der Waals surface area (Å²) in [6, 6.07) is 25.9. The zero-order chi connectivity index (χ0) is 28.6. The third kappa shape index (κ3) is 3.77. The van der Waals surface area contributed by atoms with E-state index in [0.29, 0.717) is 0 Å². The Balaban J connectivity index is 1.28. The Kier molecular flexibility index (Phi) is 5.63. The highest BCUT2D eigenvalue weighted by atomic mass is 16.7. The van der Waals surface area contributed by atoms with Crippen molar-refractivity contribution in [2.75, 3.05) is 0 Å². The van der Waals surface area contributed by atoms with Crippen LogP contribution in [0.2, 0.25) is 0 Å². The van der Waals surface area contributed by atoms with Gasteiger partial charge in [-0.05, 0) is 82.5 Å². The molecule has 5 aromatic rings. The van der Waals surface area contributed by atoms with Gasteiger partial charge in [0.1, 0.15) is 11.3 Å². The Morgan fingerprint density at radius 2 is 1.52 bits per heavy atom. The van der Waals surface area contributed by atoms with Crippen molar-refractivity contribution < 1.29 is 13.7 Å².